The number of hydrogen-bond acceptors (Lipinski definition) is 22. The number of aliphatic hydroxyl groups is 1. The molecule has 141 heavy (non-hydrogen) atoms. The average Bonchev–Trinajstić information content (AvgIpc) is 1.55. The molecule has 29 rings (SSSR count). The molecule has 0 aromatic heterocycles. The Kier molecular flexibility index (Phi) is 27.3. The van der Waals surface area contributed by atoms with E-state index in [0.717, 1.165) is 129 Å². The molecule has 27 saturated carbocycles. The predicted molar refractivity (Wildman–Crippen MR) is 513 cm³/mol. The van der Waals surface area contributed by atoms with Crippen molar-refractivity contribution < 1.29 is 121 Å². The average molecular weight is 1960 g/mol. The summed E-state index contributed by atoms with van der Waals surface area (Å²) < 4.78 is 50.8. The highest BCUT2D eigenvalue weighted by molar-refractivity contribution is 5.88. The SMILES string of the molecule is CC1C(C)C2CC1C(C(=O)O)C2C(=O)OC12CC3CC(CC(C3)C1)C2.CC1C(C)C2CC1C(C(=O)O)C2C(=O)OC1C2CC3CC(C2)CC1C3.CC1C(C)C2CC1C(C(=O)O)C2C(=O)OC1CC2CCC1(C)C2(C)C.CC1C(C)C2CC1C(C(=O)OC1COC(=O)C1)C2C(=O)OC1C2CC3CC(C2)CC1C3.CCOC(=O)C1C2CC(C(C)C2C)C1C(=O)OC1CCOC1=O.OCC1CC2C3CCC(C3)C2C1. The quantitative estimate of drug-likeness (QED) is 0.0731. The molecule has 27 aliphatic carbocycles. The molecule has 0 spiro atoms. The molecule has 0 aromatic carbocycles. The van der Waals surface area contributed by atoms with Crippen LogP contribution in [0, 0.1) is 289 Å². The molecule has 26 bridgehead atoms. The monoisotopic (exact) mass is 1960 g/mol. The lowest BCUT2D eigenvalue weighted by atomic mass is 9.54. The first-order valence-corrected chi connectivity index (χ1v) is 57.2. The zero-order valence-corrected chi connectivity index (χ0v) is 86.6. The molecular formula is C116H168O25. The lowest BCUT2D eigenvalue weighted by Crippen LogP contribution is -2.54. The van der Waals surface area contributed by atoms with Crippen LogP contribution < -0.4 is 0 Å². The number of carboxylic acid groups (broad SMARTS) is 3. The highest BCUT2D eigenvalue weighted by atomic mass is 16.6. The fraction of sp³-hybridized carbons (Fsp3) is 0.897. The van der Waals surface area contributed by atoms with Crippen molar-refractivity contribution in [3.05, 3.63) is 0 Å². The Morgan fingerprint density at radius 3 is 1.01 bits per heavy atom. The van der Waals surface area contributed by atoms with Gasteiger partial charge in [0, 0.05) is 18.4 Å². The Hall–Kier alpha value is -6.40. The van der Waals surface area contributed by atoms with Crippen molar-refractivity contribution >= 4 is 71.6 Å². The van der Waals surface area contributed by atoms with E-state index in [2.05, 4.69) is 90.0 Å². The number of fused-ring (bicyclic) bond motifs is 17. The van der Waals surface area contributed by atoms with Gasteiger partial charge in [0.2, 0.25) is 6.10 Å². The summed E-state index contributed by atoms with van der Waals surface area (Å²) in [5.41, 5.74) is -0.0330. The number of rotatable bonds is 18. The molecule has 2 heterocycles. The number of carboxylic acids is 3. The molecule has 2 saturated heterocycles. The van der Waals surface area contributed by atoms with Gasteiger partial charge in [0.05, 0.1) is 78.8 Å². The van der Waals surface area contributed by atoms with E-state index in [4.69, 9.17) is 47.7 Å². The molecule has 29 fully saturated rings. The predicted octanol–water partition coefficient (Wildman–Crippen LogP) is 18.3. The Bertz CT molecular complexity index is 4670. The zero-order chi connectivity index (χ0) is 99.6. The van der Waals surface area contributed by atoms with Gasteiger partial charge in [0.15, 0.2) is 0 Å². The van der Waals surface area contributed by atoms with Gasteiger partial charge in [-0.1, -0.05) is 90.0 Å². The summed E-state index contributed by atoms with van der Waals surface area (Å²) in [5.74, 6) is 8.98. The van der Waals surface area contributed by atoms with Gasteiger partial charge in [0.25, 0.3) is 0 Å². The Morgan fingerprint density at radius 2 is 0.688 bits per heavy atom. The van der Waals surface area contributed by atoms with Crippen molar-refractivity contribution in [2.75, 3.05) is 26.4 Å². The van der Waals surface area contributed by atoms with E-state index in [0.29, 0.717) is 114 Å². The number of hydrogen-bond donors (Lipinski definition) is 4. The minimum atomic E-state index is -0.822. The Morgan fingerprint density at radius 1 is 0.348 bits per heavy atom. The van der Waals surface area contributed by atoms with Crippen molar-refractivity contribution in [3.63, 3.8) is 0 Å². The minimum Gasteiger partial charge on any atom is -0.481 e. The van der Waals surface area contributed by atoms with Gasteiger partial charge in [-0.15, -0.1) is 0 Å². The normalized spacial score (nSPS) is 52.0. The summed E-state index contributed by atoms with van der Waals surface area (Å²) in [6.45, 7) is 31.5. The molecule has 782 valence electrons. The van der Waals surface area contributed by atoms with Crippen molar-refractivity contribution in [2.45, 2.75) is 332 Å². The van der Waals surface area contributed by atoms with Gasteiger partial charge in [-0.25, -0.2) is 4.79 Å². The minimum absolute atomic E-state index is 0.0303. The molecule has 0 aromatic rings. The second kappa shape index (κ2) is 38.3. The highest BCUT2D eigenvalue weighted by Crippen LogP contribution is 2.71. The molecule has 39 unspecified atom stereocenters. The first kappa shape index (κ1) is 101. The first-order chi connectivity index (χ1) is 67.1. The number of esters is 9. The number of carbonyl (C=O) groups excluding carboxylic acids is 9. The second-order valence-electron chi connectivity index (χ2n) is 54.2. The number of aliphatic hydroxyl groups excluding tert-OH is 1. The summed E-state index contributed by atoms with van der Waals surface area (Å²) in [5, 5.41) is 38.4. The molecular weight excluding hydrogens is 1790 g/mol. The molecule has 4 N–H and O–H groups in total. The van der Waals surface area contributed by atoms with Gasteiger partial charge in [-0.3, -0.25) is 52.7 Å². The van der Waals surface area contributed by atoms with Crippen LogP contribution in [0.4, 0.5) is 0 Å². The van der Waals surface area contributed by atoms with Crippen LogP contribution in [0.2, 0.25) is 0 Å². The van der Waals surface area contributed by atoms with E-state index in [-0.39, 0.29) is 155 Å². The number of ether oxygens (including phenoxy) is 9. The van der Waals surface area contributed by atoms with E-state index in [1.165, 1.54) is 122 Å². The van der Waals surface area contributed by atoms with Crippen LogP contribution in [0.15, 0.2) is 0 Å². The third-order valence-corrected chi connectivity index (χ3v) is 48.3. The van der Waals surface area contributed by atoms with E-state index < -0.39 is 101 Å². The van der Waals surface area contributed by atoms with E-state index >= 15 is 0 Å². The van der Waals surface area contributed by atoms with Crippen molar-refractivity contribution in [2.24, 2.45) is 289 Å². The molecule has 29 aliphatic rings. The molecule has 25 nitrogen and oxygen atoms in total. The van der Waals surface area contributed by atoms with Gasteiger partial charge in [-0.2, -0.15) is 0 Å². The molecule has 0 amide bonds. The number of carbonyl (C=O) groups is 12. The molecule has 25 heteroatoms. The molecule has 0 radical (unpaired) electrons. The van der Waals surface area contributed by atoms with Crippen LogP contribution in [0.25, 0.3) is 0 Å². The summed E-state index contributed by atoms with van der Waals surface area (Å²) in [4.78, 5) is 150. The number of cyclic esters (lactones) is 2. The van der Waals surface area contributed by atoms with Gasteiger partial charge < -0.3 is 63.1 Å². The summed E-state index contributed by atoms with van der Waals surface area (Å²) in [6, 6.07) is 0. The highest BCUT2D eigenvalue weighted by Gasteiger charge is 2.70. The maximum absolute atomic E-state index is 13.6. The largest absolute Gasteiger partial charge is 0.481 e. The van der Waals surface area contributed by atoms with Crippen molar-refractivity contribution in [1.82, 2.24) is 0 Å². The first-order valence-electron chi connectivity index (χ1n) is 57.2. The third-order valence-electron chi connectivity index (χ3n) is 48.3. The lowest BCUT2D eigenvalue weighted by Gasteiger charge is -2.56. The van der Waals surface area contributed by atoms with Crippen LogP contribution >= 0.6 is 0 Å². The van der Waals surface area contributed by atoms with Crippen LogP contribution in [0.3, 0.4) is 0 Å². The van der Waals surface area contributed by atoms with E-state index in [9.17, 15) is 72.9 Å². The molecule has 39 atom stereocenters. The van der Waals surface area contributed by atoms with Crippen molar-refractivity contribution in [3.8, 4) is 0 Å². The third kappa shape index (κ3) is 17.3. The Labute approximate surface area is 835 Å². The van der Waals surface area contributed by atoms with Crippen LogP contribution in [0.5, 0.6) is 0 Å². The van der Waals surface area contributed by atoms with E-state index in [1.54, 1.807) is 6.92 Å². The van der Waals surface area contributed by atoms with Gasteiger partial charge >= 0.3 is 71.6 Å². The maximum Gasteiger partial charge on any atom is 0.347 e. The standard InChI is InChI=1S/C25H34O6.2C21H30O4.C21H32O4.C17H24O6.C11H18O/c1-11-12(2)19-9-18(11)21(24(27)30-17-8-20(26)29-10-17)22(19)25(28)31-23-15-4-13-3-14(6-15)7-16(23)5-13;1-10-11(2)16-6-15(10)17(19(22)23)18(16)20(24)25-21-7-12-3-13(8-21)5-14(4-12)9-21;1-9-10(2)16-8-15(9)17(20(22)23)18(16)21(24)25-19-13-4-11-3-12(6-13)7-14(19)5-11;1-10-11(2)14-9-13(10)16(18(22)23)17(14)19(24)25-15-8-12-6-7-21(15,5)20(12,3)4;1-4-21-16(19)13-10-7-11(9(3)8(10)2)14(13)17(20)23-12-5-6-22-15(12)18;12-6-7-3-10-8-1-2-9(5-8)11(10)4-7/h11-19,21-23H,3-10H2,1-2H3;10-18H,3-9H2,1-2H3,(H,22,23);9-19H,3-8H2,1-2H3,(H,22,23);10-17H,6-9H2,1-5H3,(H,22,23);8-14H,4-7H2,1-3H3;7-12H,1-6H2. The fourth-order valence-electron chi connectivity index (χ4n) is 40.9. The smallest absolute Gasteiger partial charge is 0.347 e. The summed E-state index contributed by atoms with van der Waals surface area (Å²) >= 11 is 0. The summed E-state index contributed by atoms with van der Waals surface area (Å²) in [6.07, 6.45) is 33.6. The molecule has 2 aliphatic heterocycles. The topological polar surface area (TPSA) is 369 Å². The van der Waals surface area contributed by atoms with E-state index in [1.807, 2.05) is 0 Å². The lowest BCUT2D eigenvalue weighted by molar-refractivity contribution is -0.197. The summed E-state index contributed by atoms with van der Waals surface area (Å²) in [7, 11) is 0. The second-order valence-corrected chi connectivity index (χ2v) is 54.2. The Balaban J connectivity index is 0.000000102. The van der Waals surface area contributed by atoms with Crippen LogP contribution in [0.1, 0.15) is 296 Å². The van der Waals surface area contributed by atoms with Gasteiger partial charge in [-0.05, 0) is 418 Å². The number of aliphatic carboxylic acids is 3. The van der Waals surface area contributed by atoms with Gasteiger partial charge in [0.1, 0.15) is 36.6 Å². The fourth-order valence-corrected chi connectivity index (χ4v) is 40.9. The maximum atomic E-state index is 13.6. The van der Waals surface area contributed by atoms with Crippen LogP contribution in [-0.4, -0.2) is 155 Å². The van der Waals surface area contributed by atoms with Crippen molar-refractivity contribution in [1.29, 1.82) is 0 Å². The zero-order valence-electron chi connectivity index (χ0n) is 86.6. The van der Waals surface area contributed by atoms with Crippen LogP contribution in [-0.2, 0) is 100 Å².